The van der Waals surface area contributed by atoms with Gasteiger partial charge in [-0.3, -0.25) is 4.79 Å². The third kappa shape index (κ3) is 3.24. The van der Waals surface area contributed by atoms with Crippen molar-refractivity contribution < 1.29 is 9.53 Å². The van der Waals surface area contributed by atoms with Crippen molar-refractivity contribution in [1.29, 1.82) is 0 Å². The fourth-order valence-electron chi connectivity index (χ4n) is 3.76. The summed E-state index contributed by atoms with van der Waals surface area (Å²) in [5.74, 6) is 1.44. The number of rotatable bonds is 6. The second-order valence-electron chi connectivity index (χ2n) is 8.34. The third-order valence-corrected chi connectivity index (χ3v) is 7.26. The van der Waals surface area contributed by atoms with Crippen LogP contribution in [0.5, 0.6) is 5.88 Å². The summed E-state index contributed by atoms with van der Waals surface area (Å²) in [5, 5.41) is 7.91. The molecular weight excluding hydrogens is 439 g/mol. The van der Waals surface area contributed by atoms with E-state index >= 15 is 0 Å². The lowest BCUT2D eigenvalue weighted by molar-refractivity contribution is -0.123. The van der Waals surface area contributed by atoms with Gasteiger partial charge in [-0.1, -0.05) is 16.4 Å². The number of amides is 1. The molecule has 1 atom stereocenters. The van der Waals surface area contributed by atoms with E-state index in [1.807, 2.05) is 0 Å². The van der Waals surface area contributed by atoms with Gasteiger partial charge in [0, 0.05) is 12.5 Å². The number of nitrogens with zero attached hydrogens (tertiary/aromatic N) is 3. The van der Waals surface area contributed by atoms with Crippen LogP contribution in [0, 0.1) is 0 Å². The van der Waals surface area contributed by atoms with Crippen molar-refractivity contribution in [3.8, 4) is 5.88 Å². The molecule has 1 unspecified atom stereocenters. The standard InChI is InChI=1S/C16H21B3BrN5O2S/c1-27-10-8(20)6-22-14(24-10)25-11-9(7-2-3-7)23-13(28-11)15(16(17,18)19)4-5-21-12(15)26/h6-7H,2-5,17-19H2,1H3,(H,21,26)(H,22,24,25). The zero-order valence-electron chi connectivity index (χ0n) is 16.4. The molecule has 7 nitrogen and oxygen atoms in total. The first kappa shape index (κ1) is 19.8. The van der Waals surface area contributed by atoms with E-state index in [0.29, 0.717) is 28.8 Å². The van der Waals surface area contributed by atoms with Crippen LogP contribution >= 0.6 is 27.3 Å². The van der Waals surface area contributed by atoms with Crippen molar-refractivity contribution in [3.05, 3.63) is 21.4 Å². The van der Waals surface area contributed by atoms with Crippen LogP contribution in [0.4, 0.5) is 10.9 Å². The van der Waals surface area contributed by atoms with E-state index in [2.05, 4.69) is 60.1 Å². The minimum absolute atomic E-state index is 0.0733. The van der Waals surface area contributed by atoms with Crippen LogP contribution in [-0.4, -0.2) is 58.1 Å². The molecule has 0 aromatic carbocycles. The van der Waals surface area contributed by atoms with E-state index in [0.717, 1.165) is 35.0 Å². The summed E-state index contributed by atoms with van der Waals surface area (Å²) in [4.78, 5) is 26.7. The van der Waals surface area contributed by atoms with Crippen LogP contribution in [0.2, 0.25) is 5.11 Å². The van der Waals surface area contributed by atoms with Crippen molar-refractivity contribution in [2.75, 3.05) is 19.0 Å². The second kappa shape index (κ2) is 7.05. The highest BCUT2D eigenvalue weighted by molar-refractivity contribution is 9.10. The SMILES string of the molecule is BC(B)(B)C1(c2nc(C3CC3)c(Nc3ncc(Br)c(OC)n3)s2)CCNC1=O. The van der Waals surface area contributed by atoms with Crippen molar-refractivity contribution >= 4 is 67.7 Å². The van der Waals surface area contributed by atoms with Crippen LogP contribution in [0.3, 0.4) is 0 Å². The number of halogens is 1. The quantitative estimate of drug-likeness (QED) is 0.594. The minimum atomic E-state index is -0.612. The largest absolute Gasteiger partial charge is 0.480 e. The summed E-state index contributed by atoms with van der Waals surface area (Å²) in [6.07, 6.45) is 4.66. The number of thiazole rings is 1. The number of methoxy groups -OCH3 is 1. The molecule has 1 aliphatic heterocycles. The Bertz CT molecular complexity index is 933. The highest BCUT2D eigenvalue weighted by Crippen LogP contribution is 2.52. The zero-order valence-corrected chi connectivity index (χ0v) is 18.8. The normalized spacial score (nSPS) is 22.1. The van der Waals surface area contributed by atoms with Crippen molar-refractivity contribution in [2.45, 2.75) is 35.7 Å². The number of nitrogens with one attached hydrogen (secondary N) is 2. The Balaban J connectivity index is 1.75. The van der Waals surface area contributed by atoms with Crippen molar-refractivity contribution in [1.82, 2.24) is 20.3 Å². The van der Waals surface area contributed by atoms with Gasteiger partial charge in [0.15, 0.2) is 0 Å². The van der Waals surface area contributed by atoms with Gasteiger partial charge in [0.1, 0.15) is 10.0 Å². The molecule has 4 rings (SSSR count). The Morgan fingerprint density at radius 2 is 2.14 bits per heavy atom. The summed E-state index contributed by atoms with van der Waals surface area (Å²) < 4.78 is 5.97. The van der Waals surface area contributed by atoms with Gasteiger partial charge in [-0.2, -0.15) is 4.98 Å². The van der Waals surface area contributed by atoms with Gasteiger partial charge in [0.25, 0.3) is 0 Å². The molecule has 0 spiro atoms. The maximum absolute atomic E-state index is 12.9. The molecule has 28 heavy (non-hydrogen) atoms. The van der Waals surface area contributed by atoms with Gasteiger partial charge >= 0.3 is 0 Å². The monoisotopic (exact) mass is 459 g/mol. The van der Waals surface area contributed by atoms with Gasteiger partial charge in [-0.15, -0.1) is 0 Å². The van der Waals surface area contributed by atoms with Gasteiger partial charge in [0.2, 0.25) is 17.7 Å². The molecule has 1 aliphatic carbocycles. The van der Waals surface area contributed by atoms with Gasteiger partial charge < -0.3 is 15.4 Å². The molecule has 0 bridgehead atoms. The Labute approximate surface area is 179 Å². The summed E-state index contributed by atoms with van der Waals surface area (Å²) >= 11 is 4.93. The predicted molar refractivity (Wildman–Crippen MR) is 121 cm³/mol. The van der Waals surface area contributed by atoms with Crippen molar-refractivity contribution in [2.24, 2.45) is 0 Å². The molecule has 1 amide bonds. The lowest BCUT2D eigenvalue weighted by atomic mass is 9.32. The Kier molecular flexibility index (Phi) is 4.98. The number of carbonyl (C=O) groups excluding carboxylic acids is 1. The molecule has 3 heterocycles. The number of hydrogen-bond donors (Lipinski definition) is 2. The first-order valence-corrected chi connectivity index (χ1v) is 11.0. The average molecular weight is 460 g/mol. The van der Waals surface area contributed by atoms with E-state index in [1.54, 1.807) is 24.6 Å². The molecule has 2 fully saturated rings. The topological polar surface area (TPSA) is 89.0 Å². The average Bonchev–Trinajstić information content (AvgIpc) is 3.27. The fraction of sp³-hybridized carbons (Fsp3) is 0.500. The maximum Gasteiger partial charge on any atom is 0.232 e. The smallest absolute Gasteiger partial charge is 0.232 e. The molecule has 0 radical (unpaired) electrons. The van der Waals surface area contributed by atoms with Gasteiger partial charge in [-0.05, 0) is 35.2 Å². The Hall–Kier alpha value is -1.55. The molecule has 1 saturated carbocycles. The molecule has 2 aliphatic rings. The molecule has 2 N–H and O–H groups in total. The van der Waals surface area contributed by atoms with Crippen molar-refractivity contribution in [3.63, 3.8) is 0 Å². The highest BCUT2D eigenvalue weighted by Gasteiger charge is 2.54. The van der Waals surface area contributed by atoms with E-state index in [4.69, 9.17) is 9.72 Å². The van der Waals surface area contributed by atoms with Crippen LogP contribution in [-0.2, 0) is 10.2 Å². The second-order valence-corrected chi connectivity index (χ2v) is 10.2. The zero-order chi connectivity index (χ0) is 20.1. The molecule has 2 aromatic heterocycles. The molecular formula is C16H21B3BrN5O2S. The van der Waals surface area contributed by atoms with E-state index in [1.165, 1.54) is 0 Å². The summed E-state index contributed by atoms with van der Waals surface area (Å²) in [6, 6.07) is 0. The fourth-order valence-corrected chi connectivity index (χ4v) is 5.59. The highest BCUT2D eigenvalue weighted by atomic mass is 79.9. The van der Waals surface area contributed by atoms with E-state index < -0.39 is 5.41 Å². The number of aromatic nitrogens is 3. The van der Waals surface area contributed by atoms with Crippen LogP contribution < -0.4 is 15.4 Å². The number of hydrogen-bond acceptors (Lipinski definition) is 7. The number of ether oxygens (including phenoxy) is 1. The third-order valence-electron chi connectivity index (χ3n) is 5.57. The molecule has 144 valence electrons. The van der Waals surface area contributed by atoms with Gasteiger partial charge in [0.05, 0.1) is 52.4 Å². The summed E-state index contributed by atoms with van der Waals surface area (Å²) in [5.41, 5.74) is 0.410. The first-order chi connectivity index (χ1) is 13.3. The number of anilines is 2. The Morgan fingerprint density at radius 1 is 1.39 bits per heavy atom. The van der Waals surface area contributed by atoms with E-state index in [9.17, 15) is 4.79 Å². The molecule has 12 heteroatoms. The van der Waals surface area contributed by atoms with Crippen LogP contribution in [0.15, 0.2) is 10.7 Å². The summed E-state index contributed by atoms with van der Waals surface area (Å²) in [6.45, 7) is 0.685. The van der Waals surface area contributed by atoms with E-state index in [-0.39, 0.29) is 11.0 Å². The lowest BCUT2D eigenvalue weighted by Crippen LogP contribution is -2.47. The molecule has 2 aromatic rings. The number of carbonyl (C=O) groups is 1. The predicted octanol–water partition coefficient (Wildman–Crippen LogP) is 0.0559. The summed E-state index contributed by atoms with van der Waals surface area (Å²) in [7, 11) is 7.92. The Morgan fingerprint density at radius 3 is 2.71 bits per heavy atom. The lowest BCUT2D eigenvalue weighted by Gasteiger charge is -2.38. The first-order valence-electron chi connectivity index (χ1n) is 9.39. The van der Waals surface area contributed by atoms with Gasteiger partial charge in [-0.25, -0.2) is 9.97 Å². The molecule has 1 saturated heterocycles. The minimum Gasteiger partial charge on any atom is -0.480 e. The maximum atomic E-state index is 12.9. The van der Waals surface area contributed by atoms with Crippen LogP contribution in [0.25, 0.3) is 0 Å². The van der Waals surface area contributed by atoms with Crippen LogP contribution in [0.1, 0.15) is 35.9 Å².